The molecule has 2 N–H and O–H groups in total. The molecule has 0 atom stereocenters. The topological polar surface area (TPSA) is 102 Å². The minimum absolute atomic E-state index is 0.0420. The zero-order chi connectivity index (χ0) is 18.4. The first-order valence-corrected chi connectivity index (χ1v) is 7.65. The molecule has 0 radical (unpaired) electrons. The van der Waals surface area contributed by atoms with Crippen molar-refractivity contribution in [3.05, 3.63) is 64.0 Å². The molecule has 0 aliphatic heterocycles. The minimum atomic E-state index is -0.503. The first-order chi connectivity index (χ1) is 12.0. The van der Waals surface area contributed by atoms with Crippen molar-refractivity contribution in [2.24, 2.45) is 7.05 Å². The maximum atomic E-state index is 12.3. The van der Waals surface area contributed by atoms with Crippen LogP contribution in [0.15, 0.2) is 35.9 Å². The lowest BCUT2D eigenvalue weighted by Gasteiger charge is -2.08. The second-order valence-corrected chi connectivity index (χ2v) is 5.52. The van der Waals surface area contributed by atoms with Crippen LogP contribution in [0, 0.1) is 29.6 Å². The van der Waals surface area contributed by atoms with E-state index >= 15 is 0 Å². The molecule has 2 rings (SSSR count). The van der Waals surface area contributed by atoms with Crippen molar-refractivity contribution in [1.82, 2.24) is 9.88 Å². The third kappa shape index (κ3) is 3.95. The summed E-state index contributed by atoms with van der Waals surface area (Å²) >= 11 is 0. The van der Waals surface area contributed by atoms with E-state index < -0.39 is 5.91 Å². The summed E-state index contributed by atoms with van der Waals surface area (Å²) in [5.41, 5.74) is 3.38. The number of aliphatic hydroxyl groups is 1. The van der Waals surface area contributed by atoms with Gasteiger partial charge in [0, 0.05) is 19.3 Å². The molecular weight excluding hydrogens is 316 g/mol. The number of aliphatic hydroxyl groups excluding tert-OH is 1. The van der Waals surface area contributed by atoms with Crippen LogP contribution in [0.5, 0.6) is 0 Å². The summed E-state index contributed by atoms with van der Waals surface area (Å²) < 4.78 is 1.70. The Morgan fingerprint density at radius 2 is 2.00 bits per heavy atom. The number of carbonyl (C=O) groups excluding carboxylic acids is 1. The van der Waals surface area contributed by atoms with Crippen molar-refractivity contribution in [2.45, 2.75) is 20.1 Å². The molecule has 0 spiro atoms. The van der Waals surface area contributed by atoms with E-state index in [0.29, 0.717) is 11.3 Å². The van der Waals surface area contributed by atoms with Crippen molar-refractivity contribution in [3.8, 4) is 12.1 Å². The second-order valence-electron chi connectivity index (χ2n) is 5.52. The van der Waals surface area contributed by atoms with Crippen molar-refractivity contribution < 1.29 is 9.90 Å². The molecule has 6 nitrogen and oxygen atoms in total. The number of carbonyl (C=O) groups is 1. The van der Waals surface area contributed by atoms with Gasteiger partial charge in [-0.15, -0.1) is 0 Å². The van der Waals surface area contributed by atoms with E-state index in [1.165, 1.54) is 6.08 Å². The molecule has 0 aliphatic carbocycles. The summed E-state index contributed by atoms with van der Waals surface area (Å²) in [6, 6.07) is 12.8. The lowest BCUT2D eigenvalue weighted by atomic mass is 10.1. The fourth-order valence-electron chi connectivity index (χ4n) is 2.44. The van der Waals surface area contributed by atoms with Gasteiger partial charge in [-0.1, -0.05) is 24.3 Å². The SMILES string of the molecule is Cc1c(/C=C(/C#N)C(=O)NCc2ccccc2CO)cc(C#N)n1C. The average molecular weight is 334 g/mol. The van der Waals surface area contributed by atoms with E-state index in [0.717, 1.165) is 16.8 Å². The minimum Gasteiger partial charge on any atom is -0.392 e. The van der Waals surface area contributed by atoms with Crippen LogP contribution in [-0.4, -0.2) is 15.6 Å². The summed E-state index contributed by atoms with van der Waals surface area (Å²) in [5.74, 6) is -0.503. The number of nitrogens with zero attached hydrogens (tertiary/aromatic N) is 3. The number of hydrogen-bond acceptors (Lipinski definition) is 4. The Morgan fingerprint density at radius 3 is 2.56 bits per heavy atom. The highest BCUT2D eigenvalue weighted by molar-refractivity contribution is 6.01. The largest absolute Gasteiger partial charge is 0.392 e. The van der Waals surface area contributed by atoms with Gasteiger partial charge in [0.25, 0.3) is 5.91 Å². The predicted octanol–water partition coefficient (Wildman–Crippen LogP) is 1.92. The first kappa shape index (κ1) is 18.0. The van der Waals surface area contributed by atoms with Gasteiger partial charge in [-0.2, -0.15) is 10.5 Å². The Hall–Kier alpha value is -3.35. The van der Waals surface area contributed by atoms with Crippen LogP contribution < -0.4 is 5.32 Å². The second kappa shape index (κ2) is 7.96. The Bertz CT molecular complexity index is 910. The fourth-order valence-corrected chi connectivity index (χ4v) is 2.44. The Labute approximate surface area is 146 Å². The first-order valence-electron chi connectivity index (χ1n) is 7.65. The van der Waals surface area contributed by atoms with E-state index in [2.05, 4.69) is 11.4 Å². The van der Waals surface area contributed by atoms with Crippen LogP contribution >= 0.6 is 0 Å². The van der Waals surface area contributed by atoms with Gasteiger partial charge in [-0.3, -0.25) is 4.79 Å². The monoisotopic (exact) mass is 334 g/mol. The molecular formula is C19H18N4O2. The molecule has 6 heteroatoms. The van der Waals surface area contributed by atoms with Gasteiger partial charge in [-0.05, 0) is 35.8 Å². The molecule has 0 saturated carbocycles. The van der Waals surface area contributed by atoms with Gasteiger partial charge < -0.3 is 15.0 Å². The average Bonchev–Trinajstić information content (AvgIpc) is 2.91. The summed E-state index contributed by atoms with van der Waals surface area (Å²) in [6.07, 6.45) is 1.48. The van der Waals surface area contributed by atoms with Crippen LogP contribution in [0.25, 0.3) is 6.08 Å². The number of nitrogens with one attached hydrogen (secondary N) is 1. The number of amides is 1. The van der Waals surface area contributed by atoms with E-state index in [-0.39, 0.29) is 18.7 Å². The molecule has 1 heterocycles. The zero-order valence-corrected chi connectivity index (χ0v) is 14.1. The van der Waals surface area contributed by atoms with Gasteiger partial charge in [0.15, 0.2) is 0 Å². The smallest absolute Gasteiger partial charge is 0.262 e. The lowest BCUT2D eigenvalue weighted by molar-refractivity contribution is -0.117. The standard InChI is InChI=1S/C19H18N4O2/c1-13-16(8-18(10-21)23(13)2)7-17(9-20)19(25)22-11-14-5-3-4-6-15(14)12-24/h3-8,24H,11-12H2,1-2H3,(H,22,25)/b17-7-. The molecule has 25 heavy (non-hydrogen) atoms. The van der Waals surface area contributed by atoms with E-state index in [4.69, 9.17) is 5.26 Å². The lowest BCUT2D eigenvalue weighted by Crippen LogP contribution is -2.24. The molecule has 0 aliphatic rings. The molecule has 1 aromatic carbocycles. The van der Waals surface area contributed by atoms with E-state index in [1.807, 2.05) is 31.2 Å². The molecule has 0 fully saturated rings. The predicted molar refractivity (Wildman–Crippen MR) is 92.7 cm³/mol. The molecule has 1 aromatic heterocycles. The third-order valence-electron chi connectivity index (χ3n) is 4.08. The van der Waals surface area contributed by atoms with Gasteiger partial charge in [0.2, 0.25) is 0 Å². The summed E-state index contributed by atoms with van der Waals surface area (Å²) in [6.45, 7) is 1.91. The van der Waals surface area contributed by atoms with Crippen LogP contribution in [0.2, 0.25) is 0 Å². The Morgan fingerprint density at radius 1 is 1.32 bits per heavy atom. The normalized spacial score (nSPS) is 10.8. The number of benzene rings is 1. The number of aromatic nitrogens is 1. The van der Waals surface area contributed by atoms with Gasteiger partial charge in [0.05, 0.1) is 6.61 Å². The molecule has 0 unspecified atom stereocenters. The van der Waals surface area contributed by atoms with Crippen molar-refractivity contribution >= 4 is 12.0 Å². The van der Waals surface area contributed by atoms with Crippen LogP contribution in [0.1, 0.15) is 28.1 Å². The van der Waals surface area contributed by atoms with Crippen LogP contribution in [-0.2, 0) is 25.0 Å². The quantitative estimate of drug-likeness (QED) is 0.644. The molecule has 0 saturated heterocycles. The van der Waals surface area contributed by atoms with E-state index in [1.54, 1.807) is 23.7 Å². The summed E-state index contributed by atoms with van der Waals surface area (Å²) in [7, 11) is 1.75. The molecule has 126 valence electrons. The molecule has 0 bridgehead atoms. The highest BCUT2D eigenvalue weighted by atomic mass is 16.3. The van der Waals surface area contributed by atoms with Gasteiger partial charge >= 0.3 is 0 Å². The highest BCUT2D eigenvalue weighted by Gasteiger charge is 2.13. The zero-order valence-electron chi connectivity index (χ0n) is 14.1. The molecule has 1 amide bonds. The number of rotatable bonds is 5. The molecule has 2 aromatic rings. The van der Waals surface area contributed by atoms with E-state index in [9.17, 15) is 15.2 Å². The summed E-state index contributed by atoms with van der Waals surface area (Å²) in [4.78, 5) is 12.3. The maximum Gasteiger partial charge on any atom is 0.262 e. The van der Waals surface area contributed by atoms with Gasteiger partial charge in [0.1, 0.15) is 23.4 Å². The summed E-state index contributed by atoms with van der Waals surface area (Å²) in [5, 5.41) is 30.3. The van der Waals surface area contributed by atoms with Crippen LogP contribution in [0.4, 0.5) is 0 Å². The Balaban J connectivity index is 2.19. The van der Waals surface area contributed by atoms with Crippen molar-refractivity contribution in [1.29, 1.82) is 10.5 Å². The highest BCUT2D eigenvalue weighted by Crippen LogP contribution is 2.17. The van der Waals surface area contributed by atoms with Crippen molar-refractivity contribution in [3.63, 3.8) is 0 Å². The van der Waals surface area contributed by atoms with Crippen LogP contribution in [0.3, 0.4) is 0 Å². The van der Waals surface area contributed by atoms with Gasteiger partial charge in [-0.25, -0.2) is 0 Å². The third-order valence-corrected chi connectivity index (χ3v) is 4.08. The Kier molecular flexibility index (Phi) is 5.73. The van der Waals surface area contributed by atoms with Crippen molar-refractivity contribution in [2.75, 3.05) is 0 Å². The number of nitriles is 2. The maximum absolute atomic E-state index is 12.3. The fraction of sp³-hybridized carbons (Fsp3) is 0.211. The number of hydrogen-bond donors (Lipinski definition) is 2.